The summed E-state index contributed by atoms with van der Waals surface area (Å²) in [5.74, 6) is 1.41. The second-order valence-electron chi connectivity index (χ2n) is 8.16. The molecule has 2 heterocycles. The van der Waals surface area contributed by atoms with Gasteiger partial charge in [0.2, 0.25) is 0 Å². The molecule has 3 atom stereocenters. The van der Waals surface area contributed by atoms with Crippen LogP contribution in [-0.4, -0.2) is 33.8 Å². The number of aliphatic hydroxyl groups excluding tert-OH is 1. The fraction of sp³-hybridized carbons (Fsp3) is 0.391. The molecule has 1 aliphatic heterocycles. The number of benzene rings is 2. The monoisotopic (exact) mass is 346 g/mol. The summed E-state index contributed by atoms with van der Waals surface area (Å²) in [6.07, 6.45) is 4.15. The molecule has 1 saturated carbocycles. The van der Waals surface area contributed by atoms with Crippen molar-refractivity contribution in [1.29, 1.82) is 0 Å². The summed E-state index contributed by atoms with van der Waals surface area (Å²) in [5, 5.41) is 11.1. The second kappa shape index (κ2) is 6.57. The summed E-state index contributed by atoms with van der Waals surface area (Å²) in [7, 11) is 0. The van der Waals surface area contributed by atoms with Crippen LogP contribution in [-0.2, 0) is 13.1 Å². The van der Waals surface area contributed by atoms with Crippen LogP contribution in [0.3, 0.4) is 0 Å². The van der Waals surface area contributed by atoms with Gasteiger partial charge in [0, 0.05) is 37.9 Å². The minimum Gasteiger partial charge on any atom is -0.393 e. The normalized spacial score (nSPS) is 25.8. The Labute approximate surface area is 154 Å². The fourth-order valence-corrected chi connectivity index (χ4v) is 5.00. The third-order valence-electron chi connectivity index (χ3n) is 6.24. The van der Waals surface area contributed by atoms with E-state index in [4.69, 9.17) is 0 Å². The molecule has 2 aliphatic rings. The quantitative estimate of drug-likeness (QED) is 0.776. The van der Waals surface area contributed by atoms with E-state index in [2.05, 4.69) is 70.3 Å². The van der Waals surface area contributed by atoms with Crippen LogP contribution in [0.15, 0.2) is 60.8 Å². The number of likely N-dealkylation sites (tertiary alicyclic amines) is 1. The summed E-state index contributed by atoms with van der Waals surface area (Å²) in [5.41, 5.74) is 4.05. The van der Waals surface area contributed by atoms with Gasteiger partial charge in [-0.1, -0.05) is 42.5 Å². The van der Waals surface area contributed by atoms with E-state index < -0.39 is 0 Å². The first-order valence-corrected chi connectivity index (χ1v) is 9.77. The third-order valence-corrected chi connectivity index (χ3v) is 6.24. The third kappa shape index (κ3) is 3.06. The molecule has 0 radical (unpaired) electrons. The van der Waals surface area contributed by atoms with Crippen molar-refractivity contribution in [1.82, 2.24) is 9.47 Å². The number of aromatic nitrogens is 1. The molecule has 0 amide bonds. The lowest BCUT2D eigenvalue weighted by Gasteiger charge is -2.18. The smallest absolute Gasteiger partial charge is 0.0546 e. The van der Waals surface area contributed by atoms with E-state index in [9.17, 15) is 5.11 Å². The second-order valence-corrected chi connectivity index (χ2v) is 8.16. The Kier molecular flexibility index (Phi) is 4.07. The Morgan fingerprint density at radius 1 is 0.846 bits per heavy atom. The number of fused-ring (bicyclic) bond motifs is 2. The molecule has 26 heavy (non-hydrogen) atoms. The van der Waals surface area contributed by atoms with E-state index in [0.717, 1.165) is 39.0 Å². The lowest BCUT2D eigenvalue weighted by molar-refractivity contribution is 0.161. The minimum absolute atomic E-state index is 0.0511. The summed E-state index contributed by atoms with van der Waals surface area (Å²) in [6, 6.07) is 19.8. The molecule has 3 nitrogen and oxygen atoms in total. The van der Waals surface area contributed by atoms with Gasteiger partial charge in [0.1, 0.15) is 0 Å². The molecule has 2 fully saturated rings. The Balaban J connectivity index is 1.34. The number of hydrogen-bond acceptors (Lipinski definition) is 2. The summed E-state index contributed by atoms with van der Waals surface area (Å²) in [6.45, 7) is 4.23. The Hall–Kier alpha value is -2.10. The first-order valence-electron chi connectivity index (χ1n) is 9.77. The summed E-state index contributed by atoms with van der Waals surface area (Å²) >= 11 is 0. The van der Waals surface area contributed by atoms with Gasteiger partial charge >= 0.3 is 0 Å². The van der Waals surface area contributed by atoms with Crippen molar-refractivity contribution < 1.29 is 5.11 Å². The van der Waals surface area contributed by atoms with E-state index in [-0.39, 0.29) is 6.10 Å². The van der Waals surface area contributed by atoms with Crippen LogP contribution in [0.2, 0.25) is 0 Å². The van der Waals surface area contributed by atoms with Crippen LogP contribution in [0.4, 0.5) is 0 Å². The minimum atomic E-state index is -0.0511. The maximum Gasteiger partial charge on any atom is 0.0546 e. The van der Waals surface area contributed by atoms with E-state index in [0.29, 0.717) is 11.8 Å². The van der Waals surface area contributed by atoms with Gasteiger partial charge in [-0.2, -0.15) is 0 Å². The van der Waals surface area contributed by atoms with Crippen LogP contribution in [0.1, 0.15) is 24.0 Å². The van der Waals surface area contributed by atoms with Crippen molar-refractivity contribution in [2.45, 2.75) is 32.0 Å². The summed E-state index contributed by atoms with van der Waals surface area (Å²) < 4.78 is 2.35. The van der Waals surface area contributed by atoms with Crippen molar-refractivity contribution in [3.63, 3.8) is 0 Å². The number of aliphatic hydroxyl groups is 1. The molecular formula is C23H26N2O. The first-order chi connectivity index (χ1) is 12.7. The Bertz CT molecular complexity index is 887. The molecule has 2 aromatic carbocycles. The lowest BCUT2D eigenvalue weighted by Crippen LogP contribution is -2.22. The topological polar surface area (TPSA) is 28.4 Å². The highest BCUT2D eigenvalue weighted by atomic mass is 16.3. The van der Waals surface area contributed by atoms with Crippen molar-refractivity contribution in [3.05, 3.63) is 71.9 Å². The molecule has 1 aliphatic carbocycles. The molecule has 1 saturated heterocycles. The van der Waals surface area contributed by atoms with Gasteiger partial charge in [-0.3, -0.25) is 4.90 Å². The molecule has 1 unspecified atom stereocenters. The maximum absolute atomic E-state index is 9.84. The average molecular weight is 346 g/mol. The lowest BCUT2D eigenvalue weighted by atomic mass is 10.0. The van der Waals surface area contributed by atoms with Gasteiger partial charge in [0.05, 0.1) is 6.10 Å². The van der Waals surface area contributed by atoms with Gasteiger partial charge in [0.25, 0.3) is 0 Å². The summed E-state index contributed by atoms with van der Waals surface area (Å²) in [4.78, 5) is 2.58. The number of rotatable bonds is 4. The van der Waals surface area contributed by atoms with Crippen LogP contribution in [0.25, 0.3) is 10.9 Å². The van der Waals surface area contributed by atoms with Gasteiger partial charge < -0.3 is 9.67 Å². The van der Waals surface area contributed by atoms with Gasteiger partial charge in [0.15, 0.2) is 0 Å². The molecule has 1 N–H and O–H groups in total. The van der Waals surface area contributed by atoms with Crippen molar-refractivity contribution in [2.24, 2.45) is 11.8 Å². The van der Waals surface area contributed by atoms with Crippen molar-refractivity contribution >= 4 is 10.9 Å². The largest absolute Gasteiger partial charge is 0.393 e. The first kappa shape index (κ1) is 16.1. The van der Waals surface area contributed by atoms with E-state index in [1.807, 2.05) is 0 Å². The molecule has 5 rings (SSSR count). The fourth-order valence-electron chi connectivity index (χ4n) is 5.00. The van der Waals surface area contributed by atoms with E-state index >= 15 is 0 Å². The standard InChI is InChI=1S/C23H26N2O/c26-22-11-20-15-24(16-21(20)12-22)13-18-6-7-19-8-9-25(23(19)10-18)14-17-4-2-1-3-5-17/h1-10,20-22,26H,11-16H2/t20-,21+,22?. The van der Waals surface area contributed by atoms with Crippen LogP contribution in [0, 0.1) is 11.8 Å². The highest BCUT2D eigenvalue weighted by Gasteiger charge is 2.39. The highest BCUT2D eigenvalue weighted by Crippen LogP contribution is 2.38. The molecule has 1 aromatic heterocycles. The van der Waals surface area contributed by atoms with Crippen LogP contribution < -0.4 is 0 Å². The zero-order chi connectivity index (χ0) is 17.5. The van der Waals surface area contributed by atoms with Crippen LogP contribution >= 0.6 is 0 Å². The zero-order valence-corrected chi connectivity index (χ0v) is 15.1. The average Bonchev–Trinajstić information content (AvgIpc) is 3.29. The molecular weight excluding hydrogens is 320 g/mol. The zero-order valence-electron chi connectivity index (χ0n) is 15.1. The Morgan fingerprint density at radius 2 is 1.62 bits per heavy atom. The molecule has 0 spiro atoms. The SMILES string of the molecule is OC1C[C@@H]2CN(Cc3ccc4ccn(Cc5ccccc5)c4c3)C[C@@H]2C1. The van der Waals surface area contributed by atoms with Crippen molar-refractivity contribution in [2.75, 3.05) is 13.1 Å². The molecule has 0 bridgehead atoms. The Morgan fingerprint density at radius 3 is 2.38 bits per heavy atom. The van der Waals surface area contributed by atoms with Crippen LogP contribution in [0.5, 0.6) is 0 Å². The van der Waals surface area contributed by atoms with E-state index in [1.165, 1.54) is 22.0 Å². The molecule has 3 aromatic rings. The van der Waals surface area contributed by atoms with Gasteiger partial charge in [-0.05, 0) is 53.3 Å². The highest BCUT2D eigenvalue weighted by molar-refractivity contribution is 5.81. The van der Waals surface area contributed by atoms with Crippen molar-refractivity contribution in [3.8, 4) is 0 Å². The number of hydrogen-bond donors (Lipinski definition) is 1. The van der Waals surface area contributed by atoms with E-state index in [1.54, 1.807) is 0 Å². The van der Waals surface area contributed by atoms with Gasteiger partial charge in [-0.25, -0.2) is 0 Å². The predicted octanol–water partition coefficient (Wildman–Crippen LogP) is 3.89. The maximum atomic E-state index is 9.84. The number of nitrogens with zero attached hydrogens (tertiary/aromatic N) is 2. The van der Waals surface area contributed by atoms with Gasteiger partial charge in [-0.15, -0.1) is 0 Å². The molecule has 134 valence electrons. The molecule has 3 heteroatoms. The predicted molar refractivity (Wildman–Crippen MR) is 105 cm³/mol.